The molecule has 1 amide bonds. The molecule has 0 aliphatic carbocycles. The molecule has 20 heavy (non-hydrogen) atoms. The van der Waals surface area contributed by atoms with Gasteiger partial charge < -0.3 is 15.4 Å². The molecule has 0 radical (unpaired) electrons. The zero-order valence-corrected chi connectivity index (χ0v) is 12.2. The molecule has 0 aliphatic heterocycles. The van der Waals surface area contributed by atoms with Gasteiger partial charge in [-0.25, -0.2) is 0 Å². The highest BCUT2D eigenvalue weighted by Gasteiger charge is 2.11. The number of carbonyl (C=O) groups excluding carboxylic acids is 1. The summed E-state index contributed by atoms with van der Waals surface area (Å²) in [6.07, 6.45) is 0.304. The number of benzene rings is 1. The van der Waals surface area contributed by atoms with Crippen LogP contribution in [-0.4, -0.2) is 26.1 Å². The molecular formula is C15H21N3O2. The van der Waals surface area contributed by atoms with Gasteiger partial charge in [0.2, 0.25) is 0 Å². The van der Waals surface area contributed by atoms with Gasteiger partial charge >= 0.3 is 0 Å². The smallest absolute Gasteiger partial charge is 0.257 e. The monoisotopic (exact) mass is 275 g/mol. The predicted octanol–water partition coefficient (Wildman–Crippen LogP) is 1.68. The minimum absolute atomic E-state index is 0.0433. The highest BCUT2D eigenvalue weighted by molar-refractivity contribution is 5.77. The van der Waals surface area contributed by atoms with Gasteiger partial charge in [-0.15, -0.1) is 0 Å². The summed E-state index contributed by atoms with van der Waals surface area (Å²) in [7, 11) is 1.88. The van der Waals surface area contributed by atoms with Crippen molar-refractivity contribution >= 4 is 5.91 Å². The Morgan fingerprint density at radius 1 is 1.50 bits per heavy atom. The number of amides is 1. The van der Waals surface area contributed by atoms with Crippen LogP contribution in [-0.2, 0) is 4.79 Å². The largest absolute Gasteiger partial charge is 0.483 e. The maximum Gasteiger partial charge on any atom is 0.257 e. The number of nitriles is 1. The van der Waals surface area contributed by atoms with Crippen molar-refractivity contribution in [2.45, 2.75) is 26.3 Å². The summed E-state index contributed by atoms with van der Waals surface area (Å²) >= 11 is 0. The molecule has 1 unspecified atom stereocenters. The number of nitrogens with one attached hydrogen (secondary N) is 2. The molecule has 1 rings (SSSR count). The van der Waals surface area contributed by atoms with E-state index in [1.165, 1.54) is 0 Å². The topological polar surface area (TPSA) is 74.2 Å². The molecule has 2 N–H and O–H groups in total. The molecule has 0 heterocycles. The first kappa shape index (κ1) is 16.0. The zero-order chi connectivity index (χ0) is 15.0. The first-order chi connectivity index (χ1) is 9.58. The van der Waals surface area contributed by atoms with E-state index in [1.807, 2.05) is 45.2 Å². The van der Waals surface area contributed by atoms with Crippen molar-refractivity contribution in [1.82, 2.24) is 10.6 Å². The van der Waals surface area contributed by atoms with E-state index in [1.54, 1.807) is 0 Å². The lowest BCUT2D eigenvalue weighted by Gasteiger charge is -2.17. The van der Waals surface area contributed by atoms with Gasteiger partial charge in [-0.2, -0.15) is 5.26 Å². The summed E-state index contributed by atoms with van der Waals surface area (Å²) in [6, 6.07) is 8.06. The summed E-state index contributed by atoms with van der Waals surface area (Å²) in [5.74, 6) is 0.493. The van der Waals surface area contributed by atoms with Crippen LogP contribution in [0.2, 0.25) is 0 Å². The second-order valence-corrected chi connectivity index (χ2v) is 4.60. The number of aryl methyl sites for hydroxylation is 1. The van der Waals surface area contributed by atoms with E-state index in [-0.39, 0.29) is 18.6 Å². The first-order valence-electron chi connectivity index (χ1n) is 6.62. The second kappa shape index (κ2) is 8.18. The number of nitrogens with zero attached hydrogens (tertiary/aromatic N) is 1. The van der Waals surface area contributed by atoms with E-state index in [2.05, 4.69) is 10.6 Å². The van der Waals surface area contributed by atoms with Crippen LogP contribution >= 0.6 is 0 Å². The third-order valence-corrected chi connectivity index (χ3v) is 2.99. The maximum atomic E-state index is 11.6. The van der Waals surface area contributed by atoms with Crippen LogP contribution in [0, 0.1) is 18.3 Å². The van der Waals surface area contributed by atoms with Gasteiger partial charge in [-0.1, -0.05) is 12.1 Å². The van der Waals surface area contributed by atoms with E-state index in [0.717, 1.165) is 11.1 Å². The van der Waals surface area contributed by atoms with E-state index in [0.29, 0.717) is 18.7 Å². The lowest BCUT2D eigenvalue weighted by atomic mass is 10.1. The first-order valence-corrected chi connectivity index (χ1v) is 6.62. The molecule has 0 aliphatic rings. The molecule has 0 spiro atoms. The predicted molar refractivity (Wildman–Crippen MR) is 77.4 cm³/mol. The van der Waals surface area contributed by atoms with Gasteiger partial charge in [-0.3, -0.25) is 4.79 Å². The standard InChI is InChI=1S/C15H21N3O2/c1-11-5-6-13(12(2)17-3)14(9-11)20-10-15(19)18-8-4-7-16/h5-6,9,12,17H,4,8,10H2,1-3H3,(H,18,19). The highest BCUT2D eigenvalue weighted by atomic mass is 16.5. The van der Waals surface area contributed by atoms with E-state index >= 15 is 0 Å². The average molecular weight is 275 g/mol. The Balaban J connectivity index is 2.64. The Bertz CT molecular complexity index is 494. The molecular weight excluding hydrogens is 254 g/mol. The number of rotatable bonds is 7. The zero-order valence-electron chi connectivity index (χ0n) is 12.2. The Morgan fingerprint density at radius 3 is 2.90 bits per heavy atom. The summed E-state index contributed by atoms with van der Waals surface area (Å²) in [4.78, 5) is 11.6. The molecule has 108 valence electrons. The van der Waals surface area contributed by atoms with Gasteiger partial charge in [0.1, 0.15) is 5.75 Å². The van der Waals surface area contributed by atoms with Gasteiger partial charge in [-0.05, 0) is 32.5 Å². The fourth-order valence-electron chi connectivity index (χ4n) is 1.73. The molecule has 1 atom stereocenters. The molecule has 1 aromatic rings. The Labute approximate surface area is 119 Å². The summed E-state index contributed by atoms with van der Waals surface area (Å²) < 4.78 is 5.60. The molecule has 0 saturated carbocycles. The summed E-state index contributed by atoms with van der Waals surface area (Å²) in [5.41, 5.74) is 2.10. The maximum absolute atomic E-state index is 11.6. The van der Waals surface area contributed by atoms with Gasteiger partial charge in [0.15, 0.2) is 6.61 Å². The van der Waals surface area contributed by atoms with Crippen LogP contribution in [0.15, 0.2) is 18.2 Å². The van der Waals surface area contributed by atoms with Crippen LogP contribution in [0.5, 0.6) is 5.75 Å². The number of ether oxygens (including phenoxy) is 1. The highest BCUT2D eigenvalue weighted by Crippen LogP contribution is 2.26. The molecule has 0 aromatic heterocycles. The van der Waals surface area contributed by atoms with Crippen molar-refractivity contribution in [1.29, 1.82) is 5.26 Å². The van der Waals surface area contributed by atoms with Crippen molar-refractivity contribution in [3.05, 3.63) is 29.3 Å². The quantitative estimate of drug-likeness (QED) is 0.743. The minimum atomic E-state index is -0.218. The van der Waals surface area contributed by atoms with Crippen molar-refractivity contribution < 1.29 is 9.53 Å². The van der Waals surface area contributed by atoms with Crippen LogP contribution in [0.25, 0.3) is 0 Å². The van der Waals surface area contributed by atoms with Crippen molar-refractivity contribution in [3.8, 4) is 11.8 Å². The van der Waals surface area contributed by atoms with Crippen molar-refractivity contribution in [2.75, 3.05) is 20.2 Å². The summed E-state index contributed by atoms with van der Waals surface area (Å²) in [5, 5.41) is 14.2. The number of carbonyl (C=O) groups is 1. The number of hydrogen-bond acceptors (Lipinski definition) is 4. The molecule has 0 bridgehead atoms. The molecule has 0 fully saturated rings. The van der Waals surface area contributed by atoms with Gasteiger partial charge in [0, 0.05) is 18.2 Å². The van der Waals surface area contributed by atoms with Crippen LogP contribution < -0.4 is 15.4 Å². The Kier molecular flexibility index (Phi) is 6.54. The Hall–Kier alpha value is -2.06. The van der Waals surface area contributed by atoms with Crippen molar-refractivity contribution in [3.63, 3.8) is 0 Å². The minimum Gasteiger partial charge on any atom is -0.483 e. The van der Waals surface area contributed by atoms with Gasteiger partial charge in [0.05, 0.1) is 12.5 Å². The van der Waals surface area contributed by atoms with Crippen LogP contribution in [0.3, 0.4) is 0 Å². The third kappa shape index (κ3) is 4.90. The second-order valence-electron chi connectivity index (χ2n) is 4.60. The van der Waals surface area contributed by atoms with Crippen LogP contribution in [0.4, 0.5) is 0 Å². The van der Waals surface area contributed by atoms with Crippen LogP contribution in [0.1, 0.15) is 30.5 Å². The normalized spacial score (nSPS) is 11.5. The van der Waals surface area contributed by atoms with E-state index in [4.69, 9.17) is 10.00 Å². The molecule has 5 heteroatoms. The Morgan fingerprint density at radius 2 is 2.25 bits per heavy atom. The lowest BCUT2D eigenvalue weighted by molar-refractivity contribution is -0.123. The fourth-order valence-corrected chi connectivity index (χ4v) is 1.73. The van der Waals surface area contributed by atoms with E-state index in [9.17, 15) is 4.79 Å². The fraction of sp³-hybridized carbons (Fsp3) is 0.467. The molecule has 0 saturated heterocycles. The third-order valence-electron chi connectivity index (χ3n) is 2.99. The number of hydrogen-bond donors (Lipinski definition) is 2. The molecule has 5 nitrogen and oxygen atoms in total. The van der Waals surface area contributed by atoms with E-state index < -0.39 is 0 Å². The average Bonchev–Trinajstić information content (AvgIpc) is 2.44. The summed E-state index contributed by atoms with van der Waals surface area (Å²) in [6.45, 7) is 4.32. The van der Waals surface area contributed by atoms with Crippen molar-refractivity contribution in [2.24, 2.45) is 0 Å². The SMILES string of the molecule is CNC(C)c1ccc(C)cc1OCC(=O)NCCC#N. The van der Waals surface area contributed by atoms with Gasteiger partial charge in [0.25, 0.3) is 5.91 Å². The lowest BCUT2D eigenvalue weighted by Crippen LogP contribution is -2.29. The molecule has 1 aromatic carbocycles.